The zero-order valence-corrected chi connectivity index (χ0v) is 21.3. The van der Waals surface area contributed by atoms with Gasteiger partial charge < -0.3 is 24.7 Å². The Balaban J connectivity index is 0.000000168. The van der Waals surface area contributed by atoms with Gasteiger partial charge in [0.15, 0.2) is 0 Å². The number of fused-ring (bicyclic) bond motifs is 4. The van der Waals surface area contributed by atoms with Crippen LogP contribution >= 0.6 is 0 Å². The fourth-order valence-electron chi connectivity index (χ4n) is 5.48. The van der Waals surface area contributed by atoms with Crippen LogP contribution < -0.4 is 0 Å². The first-order valence-corrected chi connectivity index (χ1v) is 13.2. The largest absolute Gasteiger partial charge is 0.412 e. The van der Waals surface area contributed by atoms with Crippen LogP contribution in [0.4, 0.5) is 0 Å². The van der Waals surface area contributed by atoms with Gasteiger partial charge in [-0.1, -0.05) is 10.4 Å². The lowest BCUT2D eigenvalue weighted by atomic mass is 10.2. The molecule has 4 aliphatic rings. The van der Waals surface area contributed by atoms with E-state index in [4.69, 9.17) is 9.47 Å². The predicted octanol–water partition coefficient (Wildman–Crippen LogP) is 0.334. The van der Waals surface area contributed by atoms with Crippen molar-refractivity contribution in [3.8, 4) is 0 Å². The topological polar surface area (TPSA) is 152 Å². The first-order valence-electron chi connectivity index (χ1n) is 13.2. The van der Waals surface area contributed by atoms with E-state index in [1.54, 1.807) is 12.4 Å². The molecule has 0 aliphatic carbocycles. The molecule has 2 amide bonds. The molecule has 37 heavy (non-hydrogen) atoms. The van der Waals surface area contributed by atoms with Crippen molar-refractivity contribution in [3.05, 3.63) is 23.8 Å². The lowest BCUT2D eigenvalue weighted by Gasteiger charge is -2.24. The number of rotatable bonds is 0. The van der Waals surface area contributed by atoms with Gasteiger partial charge in [0.05, 0.1) is 62.3 Å². The molecule has 0 bridgehead atoms. The number of carbonyl (C=O) groups is 2. The maximum atomic E-state index is 12.1. The molecule has 0 saturated carbocycles. The van der Waals surface area contributed by atoms with E-state index in [1.165, 1.54) is 0 Å². The molecule has 2 atom stereocenters. The van der Waals surface area contributed by atoms with Gasteiger partial charge in [-0.25, -0.2) is 9.36 Å². The highest BCUT2D eigenvalue weighted by Crippen LogP contribution is 2.21. The average Bonchev–Trinajstić information content (AvgIpc) is 3.67. The summed E-state index contributed by atoms with van der Waals surface area (Å²) < 4.78 is 15.1. The van der Waals surface area contributed by atoms with Gasteiger partial charge in [-0.2, -0.15) is 0 Å². The lowest BCUT2D eigenvalue weighted by molar-refractivity contribution is -0.134. The second kappa shape index (κ2) is 13.1. The molecule has 6 heterocycles. The fraction of sp³-hybridized carbons (Fsp3) is 0.750. The number of carbonyl (C=O) groups excluding carboxylic acids is 2. The summed E-state index contributed by atoms with van der Waals surface area (Å²) >= 11 is 0. The zero-order valence-electron chi connectivity index (χ0n) is 21.3. The molecule has 2 fully saturated rings. The van der Waals surface area contributed by atoms with Crippen molar-refractivity contribution in [2.45, 2.75) is 89.8 Å². The Morgan fingerprint density at radius 1 is 0.676 bits per heavy atom. The van der Waals surface area contributed by atoms with Gasteiger partial charge in [-0.3, -0.25) is 9.59 Å². The van der Waals surface area contributed by atoms with E-state index < -0.39 is 0 Å². The lowest BCUT2D eigenvalue weighted by Crippen LogP contribution is -2.38. The van der Waals surface area contributed by atoms with E-state index >= 15 is 0 Å². The average molecular weight is 519 g/mol. The predicted molar refractivity (Wildman–Crippen MR) is 131 cm³/mol. The molecule has 0 radical (unpaired) electrons. The van der Waals surface area contributed by atoms with Crippen molar-refractivity contribution >= 4 is 11.8 Å². The van der Waals surface area contributed by atoms with Gasteiger partial charge in [0, 0.05) is 39.0 Å². The number of hydrogen-bond donors (Lipinski definition) is 0. The monoisotopic (exact) mass is 518 g/mol. The maximum Gasteiger partial charge on any atom is 0.222 e. The van der Waals surface area contributed by atoms with Crippen LogP contribution in [0.5, 0.6) is 0 Å². The molecule has 0 unspecified atom stereocenters. The minimum Gasteiger partial charge on any atom is -0.412 e. The number of hydrogen-bond acceptors (Lipinski definition) is 8. The fourth-order valence-corrected chi connectivity index (χ4v) is 5.48. The van der Waals surface area contributed by atoms with E-state index in [-0.39, 0.29) is 29.4 Å². The summed E-state index contributed by atoms with van der Waals surface area (Å²) in [6, 6.07) is 0.528. The number of nitrogens with zero attached hydrogens (tertiary/aromatic N) is 8. The minimum absolute atomic E-state index is 0. The first-order chi connectivity index (χ1) is 17.7. The Morgan fingerprint density at radius 3 is 1.59 bits per heavy atom. The third-order valence-electron chi connectivity index (χ3n) is 7.43. The number of ether oxygens (including phenoxy) is 2. The van der Waals surface area contributed by atoms with Crippen LogP contribution in [0, 0.1) is 0 Å². The van der Waals surface area contributed by atoms with Crippen LogP contribution in [-0.4, -0.2) is 95.5 Å². The highest BCUT2D eigenvalue weighted by atomic mass is 16.5. The number of amides is 2. The normalized spacial score (nSPS) is 24.8. The molecule has 2 aromatic rings. The molecular weight excluding hydrogens is 480 g/mol. The van der Waals surface area contributed by atoms with Crippen molar-refractivity contribution in [2.75, 3.05) is 26.3 Å². The van der Waals surface area contributed by atoms with E-state index in [0.29, 0.717) is 39.3 Å². The van der Waals surface area contributed by atoms with Crippen LogP contribution in [0.15, 0.2) is 12.4 Å². The van der Waals surface area contributed by atoms with Crippen molar-refractivity contribution < 1.29 is 24.5 Å². The van der Waals surface area contributed by atoms with Crippen LogP contribution in [0.25, 0.3) is 0 Å². The molecule has 0 aromatic carbocycles. The summed E-state index contributed by atoms with van der Waals surface area (Å²) in [4.78, 5) is 28.2. The van der Waals surface area contributed by atoms with Crippen LogP contribution in [0.3, 0.4) is 0 Å². The second-order valence-corrected chi connectivity index (χ2v) is 9.90. The SMILES string of the molecule is O.O=C1CCCn2nncc2COC[C@@H]2CCCN12.O=C1CCCn2nncc2COC[C@@H]2CCCN12. The Bertz CT molecular complexity index is 946. The second-order valence-electron chi connectivity index (χ2n) is 9.90. The molecule has 6 rings (SSSR count). The molecule has 4 aliphatic heterocycles. The van der Waals surface area contributed by atoms with E-state index in [0.717, 1.165) is 76.1 Å². The smallest absolute Gasteiger partial charge is 0.222 e. The quantitative estimate of drug-likeness (QED) is 0.484. The standard InChI is InChI=1S/2C12H18N4O2.H2O/c2*17-12-4-2-6-16-11(7-13-14-16)9-18-8-10-3-1-5-15(10)12;/h2*7,10H,1-6,8-9H2;1H2/t2*10-;/m00./s1. The summed E-state index contributed by atoms with van der Waals surface area (Å²) in [5.74, 6) is 0.509. The van der Waals surface area contributed by atoms with Crippen molar-refractivity contribution in [1.29, 1.82) is 0 Å². The van der Waals surface area contributed by atoms with Crippen molar-refractivity contribution in [2.24, 2.45) is 0 Å². The highest BCUT2D eigenvalue weighted by molar-refractivity contribution is 5.77. The summed E-state index contributed by atoms with van der Waals surface area (Å²) in [5, 5.41) is 15.8. The molecule has 2 saturated heterocycles. The van der Waals surface area contributed by atoms with Gasteiger partial charge in [-0.05, 0) is 38.5 Å². The first kappa shape index (κ1) is 27.1. The summed E-state index contributed by atoms with van der Waals surface area (Å²) in [7, 11) is 0. The van der Waals surface area contributed by atoms with Crippen LogP contribution in [0.2, 0.25) is 0 Å². The van der Waals surface area contributed by atoms with Gasteiger partial charge >= 0.3 is 0 Å². The minimum atomic E-state index is 0. The Labute approximate surface area is 216 Å². The van der Waals surface area contributed by atoms with Crippen molar-refractivity contribution in [3.63, 3.8) is 0 Å². The van der Waals surface area contributed by atoms with Crippen LogP contribution in [-0.2, 0) is 45.4 Å². The van der Waals surface area contributed by atoms with Gasteiger partial charge in [-0.15, -0.1) is 10.2 Å². The Morgan fingerprint density at radius 2 is 1.14 bits per heavy atom. The summed E-state index contributed by atoms with van der Waals surface area (Å²) in [5.41, 5.74) is 1.99. The number of aryl methyl sites for hydroxylation is 2. The van der Waals surface area contributed by atoms with Gasteiger partial charge in [0.1, 0.15) is 0 Å². The summed E-state index contributed by atoms with van der Waals surface area (Å²) in [6.07, 6.45) is 10.6. The van der Waals surface area contributed by atoms with Gasteiger partial charge in [0.25, 0.3) is 0 Å². The third kappa shape index (κ3) is 6.70. The molecule has 2 aromatic heterocycles. The third-order valence-corrected chi connectivity index (χ3v) is 7.43. The molecular formula is C24H38N8O5. The van der Waals surface area contributed by atoms with E-state index in [1.807, 2.05) is 19.2 Å². The van der Waals surface area contributed by atoms with Gasteiger partial charge in [0.2, 0.25) is 11.8 Å². The van der Waals surface area contributed by atoms with E-state index in [2.05, 4.69) is 20.6 Å². The Kier molecular flexibility index (Phi) is 9.58. The van der Waals surface area contributed by atoms with Crippen molar-refractivity contribution in [1.82, 2.24) is 39.8 Å². The number of aromatic nitrogens is 6. The molecule has 13 nitrogen and oxygen atoms in total. The molecule has 0 spiro atoms. The zero-order chi connectivity index (χ0) is 24.7. The highest BCUT2D eigenvalue weighted by Gasteiger charge is 2.30. The summed E-state index contributed by atoms with van der Waals surface area (Å²) in [6.45, 7) is 5.56. The molecule has 13 heteroatoms. The van der Waals surface area contributed by atoms with E-state index in [9.17, 15) is 9.59 Å². The Hall–Kier alpha value is -2.90. The molecule has 204 valence electrons. The van der Waals surface area contributed by atoms with Crippen LogP contribution in [0.1, 0.15) is 62.8 Å². The molecule has 2 N–H and O–H groups in total. The maximum absolute atomic E-state index is 12.1.